The summed E-state index contributed by atoms with van der Waals surface area (Å²) in [5.41, 5.74) is 6.16. The van der Waals surface area contributed by atoms with E-state index in [0.717, 1.165) is 12.8 Å². The largest absolute Gasteiger partial charge is 0.506 e. The van der Waals surface area contributed by atoms with Crippen molar-refractivity contribution in [3.63, 3.8) is 0 Å². The third kappa shape index (κ3) is 3.40. The Morgan fingerprint density at radius 1 is 1.26 bits per heavy atom. The smallest absolute Gasteiger partial charge is 0.338 e. The molecule has 1 aliphatic carbocycles. The molecule has 1 aromatic carbocycles. The summed E-state index contributed by atoms with van der Waals surface area (Å²) in [6.45, 7) is 4.38. The van der Waals surface area contributed by atoms with Crippen molar-refractivity contribution in [3.8, 4) is 5.75 Å². The van der Waals surface area contributed by atoms with Crippen molar-refractivity contribution in [1.29, 1.82) is 0 Å². The van der Waals surface area contributed by atoms with E-state index in [1.165, 1.54) is 24.6 Å². The first-order chi connectivity index (χ1) is 8.95. The van der Waals surface area contributed by atoms with Crippen LogP contribution in [0.4, 0.5) is 5.69 Å². The van der Waals surface area contributed by atoms with Crippen molar-refractivity contribution in [2.24, 2.45) is 11.8 Å². The molecule has 4 heteroatoms. The normalized spacial score (nSPS) is 26.9. The van der Waals surface area contributed by atoms with Crippen molar-refractivity contribution in [2.75, 3.05) is 5.73 Å². The molecule has 1 aliphatic rings. The Bertz CT molecular complexity index is 462. The van der Waals surface area contributed by atoms with Crippen LogP contribution in [0.5, 0.6) is 5.75 Å². The molecule has 2 atom stereocenters. The maximum Gasteiger partial charge on any atom is 0.338 e. The Kier molecular flexibility index (Phi) is 3.98. The van der Waals surface area contributed by atoms with Gasteiger partial charge in [0.2, 0.25) is 0 Å². The maximum atomic E-state index is 12.0. The van der Waals surface area contributed by atoms with Crippen molar-refractivity contribution < 1.29 is 14.6 Å². The first kappa shape index (κ1) is 13.7. The van der Waals surface area contributed by atoms with Gasteiger partial charge in [0.1, 0.15) is 11.9 Å². The molecule has 2 rings (SSSR count). The number of rotatable bonds is 2. The van der Waals surface area contributed by atoms with E-state index in [9.17, 15) is 9.90 Å². The van der Waals surface area contributed by atoms with Gasteiger partial charge in [-0.3, -0.25) is 0 Å². The molecule has 1 saturated carbocycles. The van der Waals surface area contributed by atoms with E-state index in [0.29, 0.717) is 17.4 Å². The lowest BCUT2D eigenvalue weighted by atomic mass is 9.82. The summed E-state index contributed by atoms with van der Waals surface area (Å²) in [4.78, 5) is 12.0. The van der Waals surface area contributed by atoms with E-state index < -0.39 is 0 Å². The summed E-state index contributed by atoms with van der Waals surface area (Å²) in [5.74, 6) is 0.798. The van der Waals surface area contributed by atoms with Crippen LogP contribution in [0.3, 0.4) is 0 Å². The summed E-state index contributed by atoms with van der Waals surface area (Å²) >= 11 is 0. The predicted octanol–water partition coefficient (Wildman–Crippen LogP) is 2.96. The minimum absolute atomic E-state index is 0.0127. The Hall–Kier alpha value is -1.71. The highest BCUT2D eigenvalue weighted by Crippen LogP contribution is 2.31. The number of benzene rings is 1. The molecule has 19 heavy (non-hydrogen) atoms. The van der Waals surface area contributed by atoms with Crippen LogP contribution in [-0.2, 0) is 4.74 Å². The van der Waals surface area contributed by atoms with E-state index in [1.54, 1.807) is 0 Å². The van der Waals surface area contributed by atoms with Crippen molar-refractivity contribution in [1.82, 2.24) is 0 Å². The molecule has 1 fully saturated rings. The van der Waals surface area contributed by atoms with Gasteiger partial charge in [-0.05, 0) is 49.3 Å². The molecule has 1 aromatic rings. The number of anilines is 1. The predicted molar refractivity (Wildman–Crippen MR) is 73.9 cm³/mol. The topological polar surface area (TPSA) is 72.5 Å². The van der Waals surface area contributed by atoms with Gasteiger partial charge in [-0.25, -0.2) is 4.79 Å². The molecule has 0 heterocycles. The van der Waals surface area contributed by atoms with Crippen LogP contribution in [0, 0.1) is 11.8 Å². The van der Waals surface area contributed by atoms with Gasteiger partial charge in [-0.1, -0.05) is 13.8 Å². The lowest BCUT2D eigenvalue weighted by Crippen LogP contribution is -2.28. The zero-order chi connectivity index (χ0) is 14.0. The Labute approximate surface area is 113 Å². The minimum atomic E-state index is -0.363. The third-order valence-electron chi connectivity index (χ3n) is 3.67. The van der Waals surface area contributed by atoms with Crippen LogP contribution in [0.25, 0.3) is 0 Å². The lowest BCUT2D eigenvalue weighted by Gasteiger charge is -2.31. The second-order valence-corrected chi connectivity index (χ2v) is 5.72. The monoisotopic (exact) mass is 263 g/mol. The Morgan fingerprint density at radius 2 is 1.89 bits per heavy atom. The van der Waals surface area contributed by atoms with Crippen LogP contribution in [0.1, 0.15) is 43.5 Å². The lowest BCUT2D eigenvalue weighted by molar-refractivity contribution is 0.00806. The molecular weight excluding hydrogens is 242 g/mol. The second-order valence-electron chi connectivity index (χ2n) is 5.72. The zero-order valence-corrected chi connectivity index (χ0v) is 11.4. The number of nitrogens with two attached hydrogens (primary N) is 1. The number of phenolic OH excluding ortho intramolecular Hbond substituents is 1. The van der Waals surface area contributed by atoms with Crippen molar-refractivity contribution in [3.05, 3.63) is 23.8 Å². The van der Waals surface area contributed by atoms with Crippen LogP contribution in [0.15, 0.2) is 18.2 Å². The van der Waals surface area contributed by atoms with Crippen LogP contribution >= 0.6 is 0 Å². The van der Waals surface area contributed by atoms with Gasteiger partial charge in [0.25, 0.3) is 0 Å². The number of nitrogen functional groups attached to an aromatic ring is 1. The molecule has 0 bridgehead atoms. The maximum absolute atomic E-state index is 12.0. The van der Waals surface area contributed by atoms with Crippen LogP contribution in [-0.4, -0.2) is 17.2 Å². The number of aromatic hydroxyl groups is 1. The molecule has 3 N–H and O–H groups in total. The minimum Gasteiger partial charge on any atom is -0.506 e. The van der Waals surface area contributed by atoms with Crippen LogP contribution in [0.2, 0.25) is 0 Å². The zero-order valence-electron chi connectivity index (χ0n) is 11.4. The average Bonchev–Trinajstić information content (AvgIpc) is 2.31. The number of hydrogen-bond acceptors (Lipinski definition) is 4. The average molecular weight is 263 g/mol. The number of hydrogen-bond donors (Lipinski definition) is 2. The summed E-state index contributed by atoms with van der Waals surface area (Å²) in [6.07, 6.45) is 3.02. The molecule has 0 aromatic heterocycles. The standard InChI is InChI=1S/C15H21NO3/c1-9-5-10(2)7-12(6-9)19-15(18)11-3-4-14(17)13(16)8-11/h3-4,8-10,12,17H,5-7,16H2,1-2H3. The van der Waals surface area contributed by atoms with Gasteiger partial charge in [0, 0.05) is 0 Å². The van der Waals surface area contributed by atoms with E-state index in [2.05, 4.69) is 13.8 Å². The summed E-state index contributed by atoms with van der Waals surface area (Å²) in [6, 6.07) is 4.40. The van der Waals surface area contributed by atoms with Gasteiger partial charge in [-0.15, -0.1) is 0 Å². The first-order valence-corrected chi connectivity index (χ1v) is 6.75. The number of esters is 1. The number of carbonyl (C=O) groups is 1. The van der Waals surface area contributed by atoms with Crippen LogP contribution < -0.4 is 5.73 Å². The molecule has 0 spiro atoms. The van der Waals surface area contributed by atoms with Crippen molar-refractivity contribution >= 4 is 11.7 Å². The Balaban J connectivity index is 2.02. The van der Waals surface area contributed by atoms with Gasteiger partial charge in [0.15, 0.2) is 0 Å². The third-order valence-corrected chi connectivity index (χ3v) is 3.67. The molecule has 2 unspecified atom stereocenters. The molecule has 104 valence electrons. The fourth-order valence-corrected chi connectivity index (χ4v) is 2.87. The van der Waals surface area contributed by atoms with Crippen molar-refractivity contribution in [2.45, 2.75) is 39.2 Å². The number of phenols is 1. The van der Waals surface area contributed by atoms with E-state index in [-0.39, 0.29) is 23.5 Å². The van der Waals surface area contributed by atoms with E-state index in [4.69, 9.17) is 10.5 Å². The second kappa shape index (κ2) is 5.51. The van der Waals surface area contributed by atoms with E-state index >= 15 is 0 Å². The van der Waals surface area contributed by atoms with Gasteiger partial charge < -0.3 is 15.6 Å². The SMILES string of the molecule is CC1CC(C)CC(OC(=O)c2ccc(O)c(N)c2)C1. The highest BCUT2D eigenvalue weighted by Gasteiger charge is 2.27. The fourth-order valence-electron chi connectivity index (χ4n) is 2.87. The molecule has 0 aliphatic heterocycles. The quantitative estimate of drug-likeness (QED) is 0.489. The summed E-state index contributed by atoms with van der Waals surface area (Å²) < 4.78 is 5.54. The molecular formula is C15H21NO3. The number of ether oxygens (including phenoxy) is 1. The van der Waals surface area contributed by atoms with Gasteiger partial charge in [-0.2, -0.15) is 0 Å². The number of carbonyl (C=O) groups excluding carboxylic acids is 1. The molecule has 0 saturated heterocycles. The molecule has 0 radical (unpaired) electrons. The summed E-state index contributed by atoms with van der Waals surface area (Å²) in [5, 5.41) is 9.34. The van der Waals surface area contributed by atoms with Gasteiger partial charge >= 0.3 is 5.97 Å². The molecule has 4 nitrogen and oxygen atoms in total. The Morgan fingerprint density at radius 3 is 2.47 bits per heavy atom. The fraction of sp³-hybridized carbons (Fsp3) is 0.533. The highest BCUT2D eigenvalue weighted by molar-refractivity contribution is 5.91. The summed E-state index contributed by atoms with van der Waals surface area (Å²) in [7, 11) is 0. The molecule has 0 amide bonds. The van der Waals surface area contributed by atoms with Gasteiger partial charge in [0.05, 0.1) is 11.3 Å². The highest BCUT2D eigenvalue weighted by atomic mass is 16.5. The van der Waals surface area contributed by atoms with E-state index in [1.807, 2.05) is 0 Å². The first-order valence-electron chi connectivity index (χ1n) is 6.75.